The van der Waals surface area contributed by atoms with E-state index in [2.05, 4.69) is 17.2 Å². The summed E-state index contributed by atoms with van der Waals surface area (Å²) in [6, 6.07) is 0. The third-order valence-electron chi connectivity index (χ3n) is 2.51. The molecule has 0 radical (unpaired) electrons. The van der Waals surface area contributed by atoms with E-state index in [1.165, 1.54) is 4.88 Å². The summed E-state index contributed by atoms with van der Waals surface area (Å²) in [6.07, 6.45) is 0. The van der Waals surface area contributed by atoms with E-state index in [-0.39, 0.29) is 0 Å². The van der Waals surface area contributed by atoms with Gasteiger partial charge < -0.3 is 15.3 Å². The molecule has 1 unspecified atom stereocenters. The number of nitrogens with one attached hydrogen (secondary N) is 1. The molecule has 4 nitrogen and oxygen atoms in total. The highest BCUT2D eigenvalue weighted by Crippen LogP contribution is 2.16. The zero-order valence-electron chi connectivity index (χ0n) is 11.4. The van der Waals surface area contributed by atoms with E-state index in [1.807, 2.05) is 32.8 Å². The van der Waals surface area contributed by atoms with Crippen molar-refractivity contribution in [2.45, 2.75) is 32.9 Å². The first-order chi connectivity index (χ1) is 7.80. The number of aromatic nitrogens is 1. The zero-order valence-corrected chi connectivity index (χ0v) is 12.2. The first-order valence-electron chi connectivity index (χ1n) is 5.81. The molecule has 0 amide bonds. The fourth-order valence-electron chi connectivity index (χ4n) is 1.79. The van der Waals surface area contributed by atoms with Gasteiger partial charge in [0, 0.05) is 24.5 Å². The second-order valence-corrected chi connectivity index (χ2v) is 6.38. The van der Waals surface area contributed by atoms with Gasteiger partial charge in [-0.2, -0.15) is 0 Å². The fourth-order valence-corrected chi connectivity index (χ4v) is 2.69. The number of rotatable bonds is 6. The van der Waals surface area contributed by atoms with Crippen LogP contribution in [0.25, 0.3) is 0 Å². The molecule has 0 fully saturated rings. The molecule has 0 spiro atoms. The molecule has 1 aromatic heterocycles. The molecule has 0 aliphatic heterocycles. The van der Waals surface area contributed by atoms with Gasteiger partial charge in [-0.15, -0.1) is 11.3 Å². The molecule has 0 saturated heterocycles. The van der Waals surface area contributed by atoms with Crippen LogP contribution in [0.1, 0.15) is 22.5 Å². The SMILES string of the molecule is Cc1nc(CNCC(C)(O)CN(C)C)sc1C. The summed E-state index contributed by atoms with van der Waals surface area (Å²) in [7, 11) is 3.92. The Labute approximate surface area is 108 Å². The lowest BCUT2D eigenvalue weighted by Gasteiger charge is -2.27. The number of thiazole rings is 1. The fraction of sp³-hybridized carbons (Fsp3) is 0.750. The number of aryl methyl sites for hydroxylation is 2. The van der Waals surface area contributed by atoms with Crippen LogP contribution >= 0.6 is 11.3 Å². The molecular weight excluding hydrogens is 234 g/mol. The van der Waals surface area contributed by atoms with E-state index in [9.17, 15) is 5.11 Å². The normalized spacial score (nSPS) is 15.2. The highest BCUT2D eigenvalue weighted by molar-refractivity contribution is 7.11. The third-order valence-corrected chi connectivity index (χ3v) is 3.58. The van der Waals surface area contributed by atoms with E-state index in [1.54, 1.807) is 11.3 Å². The quantitative estimate of drug-likeness (QED) is 0.803. The van der Waals surface area contributed by atoms with E-state index in [0.717, 1.165) is 17.2 Å². The predicted molar refractivity (Wildman–Crippen MR) is 72.5 cm³/mol. The van der Waals surface area contributed by atoms with Crippen molar-refractivity contribution in [1.82, 2.24) is 15.2 Å². The molecule has 1 heterocycles. The van der Waals surface area contributed by atoms with Gasteiger partial charge in [-0.3, -0.25) is 0 Å². The zero-order chi connectivity index (χ0) is 13.1. The second-order valence-electron chi connectivity index (χ2n) is 5.09. The van der Waals surface area contributed by atoms with Crippen molar-refractivity contribution in [2.75, 3.05) is 27.2 Å². The van der Waals surface area contributed by atoms with Gasteiger partial charge >= 0.3 is 0 Å². The van der Waals surface area contributed by atoms with Crippen LogP contribution in [0.5, 0.6) is 0 Å². The van der Waals surface area contributed by atoms with Crippen LogP contribution in [0.2, 0.25) is 0 Å². The summed E-state index contributed by atoms with van der Waals surface area (Å²) in [6.45, 7) is 7.90. The molecule has 0 saturated carbocycles. The van der Waals surface area contributed by atoms with E-state index in [4.69, 9.17) is 0 Å². The maximum absolute atomic E-state index is 10.1. The lowest BCUT2D eigenvalue weighted by molar-refractivity contribution is 0.0336. The summed E-state index contributed by atoms with van der Waals surface area (Å²) in [5.74, 6) is 0. The summed E-state index contributed by atoms with van der Waals surface area (Å²) >= 11 is 1.71. The van der Waals surface area contributed by atoms with Crippen LogP contribution in [-0.4, -0.2) is 47.8 Å². The van der Waals surface area contributed by atoms with Gasteiger partial charge in [0.1, 0.15) is 5.01 Å². The van der Waals surface area contributed by atoms with E-state index in [0.29, 0.717) is 13.1 Å². The Kier molecular flexibility index (Phi) is 5.06. The van der Waals surface area contributed by atoms with Crippen LogP contribution in [-0.2, 0) is 6.54 Å². The molecule has 1 atom stereocenters. The minimum Gasteiger partial charge on any atom is -0.388 e. The van der Waals surface area contributed by atoms with Crippen LogP contribution < -0.4 is 5.32 Å². The van der Waals surface area contributed by atoms with Crippen molar-refractivity contribution in [3.63, 3.8) is 0 Å². The predicted octanol–water partition coefficient (Wildman–Crippen LogP) is 1.16. The summed E-state index contributed by atoms with van der Waals surface area (Å²) < 4.78 is 0. The number of hydrogen-bond donors (Lipinski definition) is 2. The molecule has 98 valence electrons. The number of likely N-dealkylation sites (N-methyl/N-ethyl adjacent to an activating group) is 1. The summed E-state index contributed by atoms with van der Waals surface area (Å²) in [5, 5.41) is 14.4. The Morgan fingerprint density at radius 3 is 2.53 bits per heavy atom. The van der Waals surface area contributed by atoms with Crippen molar-refractivity contribution in [3.8, 4) is 0 Å². The molecule has 17 heavy (non-hydrogen) atoms. The van der Waals surface area contributed by atoms with Crippen LogP contribution in [0.15, 0.2) is 0 Å². The molecule has 0 bridgehead atoms. The number of hydrogen-bond acceptors (Lipinski definition) is 5. The van der Waals surface area contributed by atoms with Crippen LogP contribution in [0, 0.1) is 13.8 Å². The highest BCUT2D eigenvalue weighted by atomic mass is 32.1. The lowest BCUT2D eigenvalue weighted by atomic mass is 10.1. The molecule has 0 aromatic carbocycles. The Balaban J connectivity index is 2.37. The minimum atomic E-state index is -0.704. The smallest absolute Gasteiger partial charge is 0.107 e. The Hall–Kier alpha value is -0.490. The van der Waals surface area contributed by atoms with Gasteiger partial charge in [0.2, 0.25) is 0 Å². The van der Waals surface area contributed by atoms with Crippen molar-refractivity contribution in [3.05, 3.63) is 15.6 Å². The molecule has 0 aliphatic rings. The van der Waals surface area contributed by atoms with Gasteiger partial charge in [-0.05, 0) is 34.9 Å². The van der Waals surface area contributed by atoms with Crippen molar-refractivity contribution >= 4 is 11.3 Å². The Morgan fingerprint density at radius 1 is 1.41 bits per heavy atom. The summed E-state index contributed by atoms with van der Waals surface area (Å²) in [5.41, 5.74) is 0.400. The summed E-state index contributed by atoms with van der Waals surface area (Å²) in [4.78, 5) is 7.71. The topological polar surface area (TPSA) is 48.4 Å². The standard InChI is InChI=1S/C12H23N3OS/c1-9-10(2)17-11(14-9)6-13-7-12(3,16)8-15(4)5/h13,16H,6-8H2,1-5H3. The maximum atomic E-state index is 10.1. The van der Waals surface area contributed by atoms with Gasteiger partial charge in [0.25, 0.3) is 0 Å². The first kappa shape index (κ1) is 14.6. The molecule has 0 aliphatic carbocycles. The van der Waals surface area contributed by atoms with Crippen LogP contribution in [0.4, 0.5) is 0 Å². The monoisotopic (exact) mass is 257 g/mol. The lowest BCUT2D eigenvalue weighted by Crippen LogP contribution is -2.45. The minimum absolute atomic E-state index is 0.572. The molecule has 5 heteroatoms. The molecule has 1 aromatic rings. The number of nitrogens with zero attached hydrogens (tertiary/aromatic N) is 2. The van der Waals surface area contributed by atoms with Gasteiger partial charge in [0.05, 0.1) is 11.3 Å². The average molecular weight is 257 g/mol. The highest BCUT2D eigenvalue weighted by Gasteiger charge is 2.20. The maximum Gasteiger partial charge on any atom is 0.107 e. The number of aliphatic hydroxyl groups is 1. The van der Waals surface area contributed by atoms with Crippen LogP contribution in [0.3, 0.4) is 0 Å². The Bertz CT molecular complexity index is 341. The molecular formula is C12H23N3OS. The largest absolute Gasteiger partial charge is 0.388 e. The van der Waals surface area contributed by atoms with Gasteiger partial charge in [0.15, 0.2) is 0 Å². The van der Waals surface area contributed by atoms with E-state index < -0.39 is 5.60 Å². The van der Waals surface area contributed by atoms with Crippen molar-refractivity contribution in [2.24, 2.45) is 0 Å². The van der Waals surface area contributed by atoms with Gasteiger partial charge in [-0.1, -0.05) is 0 Å². The van der Waals surface area contributed by atoms with E-state index >= 15 is 0 Å². The molecule has 2 N–H and O–H groups in total. The van der Waals surface area contributed by atoms with Crippen molar-refractivity contribution < 1.29 is 5.11 Å². The van der Waals surface area contributed by atoms with Gasteiger partial charge in [-0.25, -0.2) is 4.98 Å². The molecule has 1 rings (SSSR count). The second kappa shape index (κ2) is 5.91. The third kappa shape index (κ3) is 5.12. The average Bonchev–Trinajstić information content (AvgIpc) is 2.43. The Morgan fingerprint density at radius 2 is 2.06 bits per heavy atom. The van der Waals surface area contributed by atoms with Crippen molar-refractivity contribution in [1.29, 1.82) is 0 Å². The first-order valence-corrected chi connectivity index (χ1v) is 6.62.